The second-order valence-electron chi connectivity index (χ2n) is 4.44. The third-order valence-corrected chi connectivity index (χ3v) is 3.14. The Morgan fingerprint density at radius 2 is 2.25 bits per heavy atom. The van der Waals surface area contributed by atoms with E-state index in [0.29, 0.717) is 25.7 Å². The van der Waals surface area contributed by atoms with E-state index in [9.17, 15) is 4.79 Å². The van der Waals surface area contributed by atoms with Gasteiger partial charge in [-0.05, 0) is 39.2 Å². The molecule has 0 aromatic heterocycles. The highest BCUT2D eigenvalue weighted by molar-refractivity contribution is 5.73. The van der Waals surface area contributed by atoms with Crippen LogP contribution in [0.1, 0.15) is 33.1 Å². The second kappa shape index (κ2) is 6.86. The van der Waals surface area contributed by atoms with Gasteiger partial charge in [-0.15, -0.1) is 0 Å². The molecular formula is C12H23NO3. The summed E-state index contributed by atoms with van der Waals surface area (Å²) in [6.07, 6.45) is 2.89. The summed E-state index contributed by atoms with van der Waals surface area (Å²) < 4.78 is 10.6. The third kappa shape index (κ3) is 3.76. The molecule has 0 amide bonds. The topological polar surface area (TPSA) is 61.5 Å². The quantitative estimate of drug-likeness (QED) is 0.698. The zero-order valence-corrected chi connectivity index (χ0v) is 10.3. The lowest BCUT2D eigenvalue weighted by atomic mass is 9.96. The monoisotopic (exact) mass is 229 g/mol. The molecule has 0 radical (unpaired) electrons. The summed E-state index contributed by atoms with van der Waals surface area (Å²) in [4.78, 5) is 11.9. The highest BCUT2D eigenvalue weighted by atomic mass is 16.6. The number of ether oxygens (including phenoxy) is 2. The van der Waals surface area contributed by atoms with Crippen LogP contribution in [0.15, 0.2) is 0 Å². The van der Waals surface area contributed by atoms with Crippen molar-refractivity contribution in [2.24, 2.45) is 17.6 Å². The molecule has 94 valence electrons. The van der Waals surface area contributed by atoms with E-state index in [1.54, 1.807) is 0 Å². The minimum atomic E-state index is -0.161. The van der Waals surface area contributed by atoms with Crippen LogP contribution in [-0.4, -0.2) is 31.8 Å². The highest BCUT2D eigenvalue weighted by Crippen LogP contribution is 2.32. The molecule has 16 heavy (non-hydrogen) atoms. The van der Waals surface area contributed by atoms with Crippen molar-refractivity contribution >= 4 is 5.97 Å². The molecule has 2 N–H and O–H groups in total. The Kier molecular flexibility index (Phi) is 5.77. The lowest BCUT2D eigenvalue weighted by Gasteiger charge is -2.19. The molecule has 0 bridgehead atoms. The summed E-state index contributed by atoms with van der Waals surface area (Å²) in [7, 11) is 0. The van der Waals surface area contributed by atoms with Crippen molar-refractivity contribution in [3.63, 3.8) is 0 Å². The number of hydrogen-bond acceptors (Lipinski definition) is 4. The van der Waals surface area contributed by atoms with Crippen molar-refractivity contribution < 1.29 is 14.3 Å². The number of carbonyl (C=O) groups is 1. The number of nitrogens with two attached hydrogens (primary N) is 1. The Balaban J connectivity index is 2.33. The fourth-order valence-corrected chi connectivity index (χ4v) is 2.23. The van der Waals surface area contributed by atoms with E-state index in [1.807, 2.05) is 13.8 Å². The van der Waals surface area contributed by atoms with Gasteiger partial charge in [-0.1, -0.05) is 6.42 Å². The van der Waals surface area contributed by atoms with Crippen LogP contribution in [0.25, 0.3) is 0 Å². The first-order valence-electron chi connectivity index (χ1n) is 6.17. The Morgan fingerprint density at radius 3 is 2.88 bits per heavy atom. The number of carbonyl (C=O) groups excluding carboxylic acids is 1. The van der Waals surface area contributed by atoms with Crippen LogP contribution in [0.4, 0.5) is 0 Å². The van der Waals surface area contributed by atoms with Crippen LogP contribution in [0.5, 0.6) is 0 Å². The van der Waals surface area contributed by atoms with Crippen LogP contribution in [0, 0.1) is 11.8 Å². The van der Waals surface area contributed by atoms with Gasteiger partial charge in [-0.25, -0.2) is 0 Å². The van der Waals surface area contributed by atoms with E-state index in [-0.39, 0.29) is 18.0 Å². The Bertz CT molecular complexity index is 220. The van der Waals surface area contributed by atoms with E-state index < -0.39 is 0 Å². The third-order valence-electron chi connectivity index (χ3n) is 3.14. The van der Waals surface area contributed by atoms with Gasteiger partial charge in [-0.2, -0.15) is 0 Å². The lowest BCUT2D eigenvalue weighted by molar-refractivity contribution is -0.157. The van der Waals surface area contributed by atoms with Gasteiger partial charge >= 0.3 is 5.97 Å². The first-order valence-corrected chi connectivity index (χ1v) is 6.17. The average Bonchev–Trinajstić information content (AvgIpc) is 2.74. The van der Waals surface area contributed by atoms with Gasteiger partial charge in [0.15, 0.2) is 0 Å². The minimum Gasteiger partial charge on any atom is -0.460 e. The number of esters is 1. The second-order valence-corrected chi connectivity index (χ2v) is 4.44. The number of rotatable bonds is 6. The maximum Gasteiger partial charge on any atom is 0.309 e. The zero-order chi connectivity index (χ0) is 12.0. The molecule has 1 saturated carbocycles. The van der Waals surface area contributed by atoms with Gasteiger partial charge in [0.25, 0.3) is 0 Å². The molecule has 0 spiro atoms. The molecule has 0 heterocycles. The van der Waals surface area contributed by atoms with Crippen LogP contribution in [0.2, 0.25) is 0 Å². The predicted molar refractivity (Wildman–Crippen MR) is 61.9 cm³/mol. The molecule has 0 aromatic carbocycles. The van der Waals surface area contributed by atoms with Gasteiger partial charge in [-0.3, -0.25) is 4.79 Å². The molecule has 3 unspecified atom stereocenters. The summed E-state index contributed by atoms with van der Waals surface area (Å²) in [6.45, 7) is 5.49. The van der Waals surface area contributed by atoms with Crippen molar-refractivity contribution in [3.05, 3.63) is 0 Å². The summed E-state index contributed by atoms with van der Waals surface area (Å²) in [5.74, 6) is 0.223. The van der Waals surface area contributed by atoms with Gasteiger partial charge in [0, 0.05) is 6.61 Å². The van der Waals surface area contributed by atoms with Gasteiger partial charge < -0.3 is 15.2 Å². The summed E-state index contributed by atoms with van der Waals surface area (Å²) >= 11 is 0. The summed E-state index contributed by atoms with van der Waals surface area (Å²) in [5.41, 5.74) is 5.64. The van der Waals surface area contributed by atoms with Crippen molar-refractivity contribution in [1.29, 1.82) is 0 Å². The smallest absolute Gasteiger partial charge is 0.309 e. The normalized spacial score (nSPS) is 26.7. The first-order chi connectivity index (χ1) is 7.69. The predicted octanol–water partition coefficient (Wildman–Crippen LogP) is 1.33. The van der Waals surface area contributed by atoms with Crippen LogP contribution in [0.3, 0.4) is 0 Å². The molecule has 4 heteroatoms. The molecule has 4 nitrogen and oxygen atoms in total. The molecule has 3 atom stereocenters. The molecule has 1 aliphatic carbocycles. The largest absolute Gasteiger partial charge is 0.460 e. The van der Waals surface area contributed by atoms with E-state index in [1.165, 1.54) is 0 Å². The number of hydrogen-bond donors (Lipinski definition) is 1. The zero-order valence-electron chi connectivity index (χ0n) is 10.3. The van der Waals surface area contributed by atoms with Crippen LogP contribution >= 0.6 is 0 Å². The average molecular weight is 229 g/mol. The van der Waals surface area contributed by atoms with Gasteiger partial charge in [0.1, 0.15) is 6.10 Å². The van der Waals surface area contributed by atoms with E-state index in [0.717, 1.165) is 19.3 Å². The molecule has 0 aliphatic heterocycles. The summed E-state index contributed by atoms with van der Waals surface area (Å²) in [6, 6.07) is 0. The Labute approximate surface area is 97.5 Å². The molecule has 0 aromatic rings. The molecule has 1 rings (SSSR count). The summed E-state index contributed by atoms with van der Waals surface area (Å²) in [5, 5.41) is 0. The van der Waals surface area contributed by atoms with Gasteiger partial charge in [0.2, 0.25) is 0 Å². The van der Waals surface area contributed by atoms with Gasteiger partial charge in [0.05, 0.1) is 12.5 Å². The maximum atomic E-state index is 11.9. The first kappa shape index (κ1) is 13.5. The molecule has 1 aliphatic rings. The van der Waals surface area contributed by atoms with E-state index in [4.69, 9.17) is 15.2 Å². The minimum absolute atomic E-state index is 0.00840. The standard InChI is InChI=1S/C12H23NO3/c1-3-15-8-9(2)16-12(14)11-6-4-5-10(11)7-13/h9-11H,3-8,13H2,1-2H3. The fraction of sp³-hybridized carbons (Fsp3) is 0.917. The van der Waals surface area contributed by atoms with Crippen LogP contribution < -0.4 is 5.73 Å². The molecule has 1 fully saturated rings. The van der Waals surface area contributed by atoms with Crippen molar-refractivity contribution in [2.75, 3.05) is 19.8 Å². The van der Waals surface area contributed by atoms with E-state index >= 15 is 0 Å². The van der Waals surface area contributed by atoms with Crippen molar-refractivity contribution in [1.82, 2.24) is 0 Å². The molecule has 0 saturated heterocycles. The fourth-order valence-electron chi connectivity index (χ4n) is 2.23. The van der Waals surface area contributed by atoms with Crippen LogP contribution in [-0.2, 0) is 14.3 Å². The SMILES string of the molecule is CCOCC(C)OC(=O)C1CCCC1CN. The Hall–Kier alpha value is -0.610. The van der Waals surface area contributed by atoms with Crippen molar-refractivity contribution in [2.45, 2.75) is 39.2 Å². The highest BCUT2D eigenvalue weighted by Gasteiger charge is 2.33. The maximum absolute atomic E-state index is 11.9. The van der Waals surface area contributed by atoms with Crippen molar-refractivity contribution in [3.8, 4) is 0 Å². The van der Waals surface area contributed by atoms with E-state index in [2.05, 4.69) is 0 Å². The Morgan fingerprint density at radius 1 is 1.50 bits per heavy atom. The molecular weight excluding hydrogens is 206 g/mol. The lowest BCUT2D eigenvalue weighted by Crippen LogP contribution is -2.30.